The van der Waals surface area contributed by atoms with Gasteiger partial charge in [-0.25, -0.2) is 9.78 Å². The lowest BCUT2D eigenvalue weighted by molar-refractivity contribution is -0.175. The van der Waals surface area contributed by atoms with Crippen LogP contribution in [0.15, 0.2) is 42.6 Å². The molecule has 3 amide bonds. The minimum absolute atomic E-state index is 0.0779. The van der Waals surface area contributed by atoms with E-state index >= 15 is 0 Å². The van der Waals surface area contributed by atoms with Gasteiger partial charge >= 0.3 is 12.0 Å². The first-order valence-electron chi connectivity index (χ1n) is 9.98. The number of hydrogen-bond donors (Lipinski definition) is 1. The second-order valence-corrected chi connectivity index (χ2v) is 8.64. The summed E-state index contributed by atoms with van der Waals surface area (Å²) in [5, 5.41) is 4.73. The second-order valence-electron chi connectivity index (χ2n) is 7.50. The lowest BCUT2D eigenvalue weighted by Crippen LogP contribution is -2.40. The van der Waals surface area contributed by atoms with Crippen LogP contribution < -0.4 is 5.32 Å². The summed E-state index contributed by atoms with van der Waals surface area (Å²) in [7, 11) is 1.77. The summed E-state index contributed by atoms with van der Waals surface area (Å²) in [4.78, 5) is 47.7. The number of nitrogens with zero attached hydrogens (tertiary/aromatic N) is 3. The molecule has 1 aliphatic rings. The fourth-order valence-corrected chi connectivity index (χ4v) is 4.70. The number of carbonyl (C=O) groups is 3. The van der Waals surface area contributed by atoms with Gasteiger partial charge in [0.1, 0.15) is 5.82 Å². The summed E-state index contributed by atoms with van der Waals surface area (Å²) in [6.07, 6.45) is 4.74. The Morgan fingerprint density at radius 3 is 2.88 bits per heavy atom. The standard InChI is InChI=1S/C23H22N4O4S/c1-14-18-6-4-5-7-19(18)32-20(14)13-26(3)21(29)9-8-16-10-17-12-27(31-15(2)28)23(30)25-22(17)24-11-16/h4-11H,12-13H2,1-3H3,(H,24,25,30)/b9-8+. The maximum absolute atomic E-state index is 12.7. The zero-order valence-corrected chi connectivity index (χ0v) is 18.7. The average molecular weight is 451 g/mol. The molecule has 32 heavy (non-hydrogen) atoms. The number of carbonyl (C=O) groups excluding carboxylic acids is 3. The molecule has 1 aromatic carbocycles. The van der Waals surface area contributed by atoms with E-state index in [1.807, 2.05) is 12.1 Å². The van der Waals surface area contributed by atoms with Gasteiger partial charge in [0.05, 0.1) is 13.1 Å². The predicted molar refractivity (Wildman–Crippen MR) is 123 cm³/mol. The molecule has 1 aliphatic heterocycles. The van der Waals surface area contributed by atoms with Crippen molar-refractivity contribution in [2.45, 2.75) is 26.9 Å². The minimum atomic E-state index is -0.588. The van der Waals surface area contributed by atoms with Crippen LogP contribution >= 0.6 is 11.3 Å². The Labute approximate surface area is 189 Å². The third kappa shape index (κ3) is 4.47. The molecule has 164 valence electrons. The Bertz CT molecular complexity index is 1250. The number of aryl methyl sites for hydroxylation is 1. The monoisotopic (exact) mass is 450 g/mol. The lowest BCUT2D eigenvalue weighted by atomic mass is 10.1. The van der Waals surface area contributed by atoms with Gasteiger partial charge in [-0.05, 0) is 41.6 Å². The van der Waals surface area contributed by atoms with Crippen LogP contribution in [0.25, 0.3) is 16.2 Å². The van der Waals surface area contributed by atoms with Crippen molar-refractivity contribution in [2.24, 2.45) is 0 Å². The fourth-order valence-electron chi connectivity index (χ4n) is 3.44. The number of likely N-dealkylation sites (N-methyl/N-ethyl adjacent to an activating group) is 1. The number of hydroxylamine groups is 2. The Balaban J connectivity index is 1.44. The third-order valence-electron chi connectivity index (χ3n) is 5.11. The molecule has 0 saturated carbocycles. The molecule has 0 aliphatic carbocycles. The molecule has 3 heterocycles. The number of nitrogens with one attached hydrogen (secondary N) is 1. The van der Waals surface area contributed by atoms with Crippen molar-refractivity contribution in [3.63, 3.8) is 0 Å². The number of pyridine rings is 1. The molecule has 0 spiro atoms. The van der Waals surface area contributed by atoms with E-state index in [4.69, 9.17) is 4.84 Å². The Morgan fingerprint density at radius 2 is 2.12 bits per heavy atom. The molecule has 0 bridgehead atoms. The summed E-state index contributed by atoms with van der Waals surface area (Å²) in [5.74, 6) is -0.316. The molecule has 4 rings (SSSR count). The van der Waals surface area contributed by atoms with Crippen LogP contribution in [0, 0.1) is 6.92 Å². The Hall–Kier alpha value is -3.72. The van der Waals surface area contributed by atoms with Crippen molar-refractivity contribution >= 4 is 51.2 Å². The highest BCUT2D eigenvalue weighted by atomic mass is 32.1. The van der Waals surface area contributed by atoms with Crippen molar-refractivity contribution in [1.82, 2.24) is 14.9 Å². The largest absolute Gasteiger partial charge is 0.356 e. The second kappa shape index (κ2) is 8.80. The maximum Gasteiger partial charge on any atom is 0.356 e. The first-order valence-corrected chi connectivity index (χ1v) is 10.8. The van der Waals surface area contributed by atoms with E-state index < -0.39 is 12.0 Å². The van der Waals surface area contributed by atoms with Gasteiger partial charge in [-0.15, -0.1) is 16.4 Å². The number of aromatic nitrogens is 1. The quantitative estimate of drug-likeness (QED) is 0.591. The molecule has 0 atom stereocenters. The topological polar surface area (TPSA) is 91.8 Å². The molecular weight excluding hydrogens is 428 g/mol. The van der Waals surface area contributed by atoms with E-state index in [9.17, 15) is 14.4 Å². The highest BCUT2D eigenvalue weighted by Gasteiger charge is 2.26. The summed E-state index contributed by atoms with van der Waals surface area (Å²) in [6, 6.07) is 9.46. The first kappa shape index (κ1) is 21.5. The number of urea groups is 1. The molecule has 2 aromatic heterocycles. The van der Waals surface area contributed by atoms with Crippen molar-refractivity contribution in [3.8, 4) is 0 Å². The average Bonchev–Trinajstić information content (AvgIpc) is 3.07. The molecule has 0 fully saturated rings. The van der Waals surface area contributed by atoms with Gasteiger partial charge in [0.2, 0.25) is 5.91 Å². The molecule has 3 aromatic rings. The van der Waals surface area contributed by atoms with Crippen LogP contribution in [0.2, 0.25) is 0 Å². The van der Waals surface area contributed by atoms with E-state index in [0.29, 0.717) is 23.5 Å². The zero-order chi connectivity index (χ0) is 22.8. The van der Waals surface area contributed by atoms with E-state index in [1.54, 1.807) is 41.6 Å². The highest BCUT2D eigenvalue weighted by Crippen LogP contribution is 2.31. The van der Waals surface area contributed by atoms with Crippen LogP contribution in [0.5, 0.6) is 0 Å². The molecular formula is C23H22N4O4S. The van der Waals surface area contributed by atoms with Crippen molar-refractivity contribution in [3.05, 3.63) is 64.2 Å². The predicted octanol–water partition coefficient (Wildman–Crippen LogP) is 4.10. The summed E-state index contributed by atoms with van der Waals surface area (Å²) < 4.78 is 1.21. The van der Waals surface area contributed by atoms with Crippen LogP contribution in [-0.4, -0.2) is 39.9 Å². The number of hydrogen-bond acceptors (Lipinski definition) is 6. The van der Waals surface area contributed by atoms with E-state index in [2.05, 4.69) is 29.4 Å². The summed E-state index contributed by atoms with van der Waals surface area (Å²) >= 11 is 1.70. The van der Waals surface area contributed by atoms with Gasteiger partial charge in [0, 0.05) is 41.4 Å². The molecule has 8 nitrogen and oxygen atoms in total. The molecule has 0 radical (unpaired) electrons. The smallest absolute Gasteiger partial charge is 0.337 e. The summed E-state index contributed by atoms with van der Waals surface area (Å²) in [5.41, 5.74) is 2.57. The maximum atomic E-state index is 12.7. The molecule has 0 saturated heterocycles. The van der Waals surface area contributed by atoms with Crippen LogP contribution in [0.1, 0.15) is 28.5 Å². The van der Waals surface area contributed by atoms with Crippen molar-refractivity contribution in [1.29, 1.82) is 0 Å². The number of amides is 3. The Morgan fingerprint density at radius 1 is 1.34 bits per heavy atom. The van der Waals surface area contributed by atoms with Gasteiger partial charge in [0.15, 0.2) is 0 Å². The number of fused-ring (bicyclic) bond motifs is 2. The van der Waals surface area contributed by atoms with Gasteiger partial charge in [-0.1, -0.05) is 18.2 Å². The van der Waals surface area contributed by atoms with Crippen LogP contribution in [0.3, 0.4) is 0 Å². The third-order valence-corrected chi connectivity index (χ3v) is 6.37. The van der Waals surface area contributed by atoms with E-state index in [-0.39, 0.29) is 12.5 Å². The van der Waals surface area contributed by atoms with E-state index in [1.165, 1.54) is 28.6 Å². The van der Waals surface area contributed by atoms with Crippen LogP contribution in [-0.2, 0) is 27.5 Å². The highest BCUT2D eigenvalue weighted by molar-refractivity contribution is 7.19. The summed E-state index contributed by atoms with van der Waals surface area (Å²) in [6.45, 7) is 3.91. The SMILES string of the molecule is CC(=O)ON1Cc2cc(/C=C/C(=O)N(C)Cc3sc4ccccc4c3C)cnc2NC1=O. The van der Waals surface area contributed by atoms with E-state index in [0.717, 1.165) is 9.94 Å². The van der Waals surface area contributed by atoms with Gasteiger partial charge in [-0.2, -0.15) is 0 Å². The molecule has 9 heteroatoms. The number of benzene rings is 1. The first-order chi connectivity index (χ1) is 15.3. The minimum Gasteiger partial charge on any atom is -0.337 e. The molecule has 0 unspecified atom stereocenters. The van der Waals surface area contributed by atoms with Gasteiger partial charge in [-0.3, -0.25) is 14.9 Å². The molecule has 1 N–H and O–H groups in total. The van der Waals surface area contributed by atoms with Crippen LogP contribution in [0.4, 0.5) is 10.6 Å². The van der Waals surface area contributed by atoms with Gasteiger partial charge in [0.25, 0.3) is 0 Å². The zero-order valence-electron chi connectivity index (χ0n) is 17.9. The lowest BCUT2D eigenvalue weighted by Gasteiger charge is -2.26. The van der Waals surface area contributed by atoms with Gasteiger partial charge < -0.3 is 9.74 Å². The number of thiophene rings is 1. The Kier molecular flexibility index (Phi) is 5.91. The number of anilines is 1. The van der Waals surface area contributed by atoms with Crippen molar-refractivity contribution in [2.75, 3.05) is 12.4 Å². The number of rotatable bonds is 5. The normalized spacial score (nSPS) is 13.2. The van der Waals surface area contributed by atoms with Crippen molar-refractivity contribution < 1.29 is 19.2 Å². The fraction of sp³-hybridized carbons (Fsp3) is 0.217.